The predicted molar refractivity (Wildman–Crippen MR) is 71.7 cm³/mol. The summed E-state index contributed by atoms with van der Waals surface area (Å²) in [7, 11) is 0. The Labute approximate surface area is 110 Å². The third-order valence-electron chi connectivity index (χ3n) is 3.38. The maximum Gasteiger partial charge on any atom is 0.181 e. The van der Waals surface area contributed by atoms with Gasteiger partial charge in [-0.25, -0.2) is 9.67 Å². The van der Waals surface area contributed by atoms with Gasteiger partial charge in [-0.3, -0.25) is 0 Å². The Bertz CT molecular complexity index is 759. The number of nitrogens with zero attached hydrogens (tertiary/aromatic N) is 3. The molecule has 0 saturated heterocycles. The van der Waals surface area contributed by atoms with Crippen molar-refractivity contribution in [3.63, 3.8) is 0 Å². The van der Waals surface area contributed by atoms with E-state index in [9.17, 15) is 5.11 Å². The lowest BCUT2D eigenvalue weighted by molar-refractivity contribution is 0.475. The van der Waals surface area contributed by atoms with Gasteiger partial charge in [-0.05, 0) is 29.8 Å². The summed E-state index contributed by atoms with van der Waals surface area (Å²) in [4.78, 5) is 4.60. The van der Waals surface area contributed by atoms with E-state index < -0.39 is 0 Å². The standard InChI is InChI=1S/C15H11N3O/c19-12-7-5-10(6-8-12)14-16-15-13-4-2-1-3-11(13)9-18(15)17-14/h1-8,19H,9H2. The van der Waals surface area contributed by atoms with Gasteiger partial charge in [0.25, 0.3) is 0 Å². The summed E-state index contributed by atoms with van der Waals surface area (Å²) in [5.41, 5.74) is 3.33. The number of phenolic OH excluding ortho intramolecular Hbond substituents is 1. The first-order valence-corrected chi connectivity index (χ1v) is 6.14. The van der Waals surface area contributed by atoms with Crippen LogP contribution in [-0.4, -0.2) is 19.9 Å². The molecule has 0 atom stereocenters. The fraction of sp³-hybridized carbons (Fsp3) is 0.0667. The van der Waals surface area contributed by atoms with Crippen LogP contribution in [0.3, 0.4) is 0 Å². The maximum atomic E-state index is 9.30. The zero-order chi connectivity index (χ0) is 12.8. The fourth-order valence-electron chi connectivity index (χ4n) is 2.42. The monoisotopic (exact) mass is 249 g/mol. The summed E-state index contributed by atoms with van der Waals surface area (Å²) in [6.45, 7) is 0.774. The first-order chi connectivity index (χ1) is 9.31. The van der Waals surface area contributed by atoms with Gasteiger partial charge in [0, 0.05) is 11.1 Å². The van der Waals surface area contributed by atoms with Gasteiger partial charge in [0.1, 0.15) is 5.75 Å². The number of phenols is 1. The van der Waals surface area contributed by atoms with Crippen molar-refractivity contribution in [1.82, 2.24) is 14.8 Å². The largest absolute Gasteiger partial charge is 0.508 e. The van der Waals surface area contributed by atoms with Gasteiger partial charge in [-0.2, -0.15) is 5.10 Å². The highest BCUT2D eigenvalue weighted by Crippen LogP contribution is 2.31. The van der Waals surface area contributed by atoms with E-state index in [1.54, 1.807) is 12.1 Å². The Balaban J connectivity index is 1.82. The summed E-state index contributed by atoms with van der Waals surface area (Å²) < 4.78 is 1.92. The molecule has 0 saturated carbocycles. The Kier molecular flexibility index (Phi) is 2.00. The van der Waals surface area contributed by atoms with Crippen LogP contribution in [0.4, 0.5) is 0 Å². The third-order valence-corrected chi connectivity index (χ3v) is 3.38. The van der Waals surface area contributed by atoms with Crippen LogP contribution in [0.15, 0.2) is 48.5 Å². The van der Waals surface area contributed by atoms with Gasteiger partial charge in [-0.15, -0.1) is 0 Å². The van der Waals surface area contributed by atoms with Gasteiger partial charge in [0.15, 0.2) is 11.6 Å². The highest BCUT2D eigenvalue weighted by Gasteiger charge is 2.22. The molecule has 0 fully saturated rings. The van der Waals surface area contributed by atoms with Crippen LogP contribution in [0.1, 0.15) is 5.56 Å². The number of rotatable bonds is 1. The number of aromatic hydroxyl groups is 1. The lowest BCUT2D eigenvalue weighted by Crippen LogP contribution is -1.95. The molecule has 2 aromatic carbocycles. The van der Waals surface area contributed by atoms with Crippen LogP contribution in [0.25, 0.3) is 22.8 Å². The summed E-state index contributed by atoms with van der Waals surface area (Å²) in [6, 6.07) is 15.2. The van der Waals surface area contributed by atoms with Gasteiger partial charge in [0.05, 0.1) is 6.54 Å². The van der Waals surface area contributed by atoms with Crippen molar-refractivity contribution in [2.24, 2.45) is 0 Å². The average molecular weight is 249 g/mol. The molecule has 19 heavy (non-hydrogen) atoms. The minimum atomic E-state index is 0.251. The lowest BCUT2D eigenvalue weighted by Gasteiger charge is -1.97. The number of aromatic nitrogens is 3. The van der Waals surface area contributed by atoms with Crippen molar-refractivity contribution in [1.29, 1.82) is 0 Å². The Morgan fingerprint density at radius 3 is 2.63 bits per heavy atom. The van der Waals surface area contributed by atoms with E-state index in [1.807, 2.05) is 28.9 Å². The summed E-state index contributed by atoms with van der Waals surface area (Å²) in [5, 5.41) is 13.8. The molecule has 0 bridgehead atoms. The smallest absolute Gasteiger partial charge is 0.181 e. The highest BCUT2D eigenvalue weighted by molar-refractivity contribution is 5.67. The van der Waals surface area contributed by atoms with Crippen molar-refractivity contribution < 1.29 is 5.11 Å². The summed E-state index contributed by atoms with van der Waals surface area (Å²) >= 11 is 0. The second-order valence-corrected chi connectivity index (χ2v) is 4.62. The van der Waals surface area contributed by atoms with Gasteiger partial charge in [0.2, 0.25) is 0 Å². The van der Waals surface area contributed by atoms with Crippen molar-refractivity contribution in [3.05, 3.63) is 54.1 Å². The number of hydrogen-bond donors (Lipinski definition) is 1. The molecular weight excluding hydrogens is 238 g/mol. The Morgan fingerprint density at radius 1 is 1.00 bits per heavy atom. The zero-order valence-electron chi connectivity index (χ0n) is 10.1. The van der Waals surface area contributed by atoms with Crippen LogP contribution < -0.4 is 0 Å². The minimum Gasteiger partial charge on any atom is -0.508 e. The quantitative estimate of drug-likeness (QED) is 0.564. The summed E-state index contributed by atoms with van der Waals surface area (Å²) in [5.74, 6) is 1.86. The molecule has 1 aromatic heterocycles. The molecule has 1 aliphatic rings. The zero-order valence-corrected chi connectivity index (χ0v) is 10.1. The second kappa shape index (κ2) is 3.68. The molecule has 4 heteroatoms. The van der Waals surface area contributed by atoms with E-state index in [-0.39, 0.29) is 5.75 Å². The molecule has 4 nitrogen and oxygen atoms in total. The van der Waals surface area contributed by atoms with Gasteiger partial charge < -0.3 is 5.11 Å². The van der Waals surface area contributed by atoms with Crippen molar-refractivity contribution in [2.75, 3.05) is 0 Å². The number of hydrogen-bond acceptors (Lipinski definition) is 3. The summed E-state index contributed by atoms with van der Waals surface area (Å²) in [6.07, 6.45) is 0. The molecule has 92 valence electrons. The van der Waals surface area contributed by atoms with Crippen molar-refractivity contribution >= 4 is 0 Å². The van der Waals surface area contributed by atoms with Gasteiger partial charge >= 0.3 is 0 Å². The van der Waals surface area contributed by atoms with Crippen LogP contribution in [0.2, 0.25) is 0 Å². The van der Waals surface area contributed by atoms with E-state index in [4.69, 9.17) is 0 Å². The van der Waals surface area contributed by atoms with E-state index in [0.29, 0.717) is 5.82 Å². The highest BCUT2D eigenvalue weighted by atomic mass is 16.3. The van der Waals surface area contributed by atoms with Crippen LogP contribution >= 0.6 is 0 Å². The molecule has 0 radical (unpaired) electrons. The molecule has 0 amide bonds. The second-order valence-electron chi connectivity index (χ2n) is 4.62. The normalized spacial score (nSPS) is 12.2. The lowest BCUT2D eigenvalue weighted by atomic mass is 10.1. The molecule has 2 heterocycles. The molecule has 1 N–H and O–H groups in total. The van der Waals surface area contributed by atoms with Gasteiger partial charge in [-0.1, -0.05) is 24.3 Å². The van der Waals surface area contributed by atoms with E-state index in [1.165, 1.54) is 5.56 Å². The first kappa shape index (κ1) is 10.3. The molecule has 4 rings (SSSR count). The molecule has 3 aromatic rings. The molecular formula is C15H11N3O. The maximum absolute atomic E-state index is 9.30. The molecule has 1 aliphatic heterocycles. The van der Waals surface area contributed by atoms with Crippen LogP contribution in [0, 0.1) is 0 Å². The van der Waals surface area contributed by atoms with Crippen molar-refractivity contribution in [2.45, 2.75) is 6.54 Å². The van der Waals surface area contributed by atoms with E-state index in [0.717, 1.165) is 23.5 Å². The number of benzene rings is 2. The molecule has 0 unspecified atom stereocenters. The topological polar surface area (TPSA) is 50.9 Å². The van der Waals surface area contributed by atoms with E-state index in [2.05, 4.69) is 22.2 Å². The van der Waals surface area contributed by atoms with Crippen LogP contribution in [-0.2, 0) is 6.54 Å². The van der Waals surface area contributed by atoms with E-state index >= 15 is 0 Å². The van der Waals surface area contributed by atoms with Crippen LogP contribution in [0.5, 0.6) is 5.75 Å². The average Bonchev–Trinajstić information content (AvgIpc) is 2.97. The SMILES string of the molecule is Oc1ccc(-c2nc3n(n2)Cc2ccccc2-3)cc1. The first-order valence-electron chi connectivity index (χ1n) is 6.14. The third kappa shape index (κ3) is 1.53. The van der Waals surface area contributed by atoms with Crippen molar-refractivity contribution in [3.8, 4) is 28.5 Å². The Morgan fingerprint density at radius 2 is 1.79 bits per heavy atom. The number of fused-ring (bicyclic) bond motifs is 3. The predicted octanol–water partition coefficient (Wildman–Crippen LogP) is 2.68. The molecule has 0 aliphatic carbocycles. The minimum absolute atomic E-state index is 0.251. The Hall–Kier alpha value is -2.62. The fourth-order valence-corrected chi connectivity index (χ4v) is 2.42. The molecule has 0 spiro atoms.